The molecule has 1 aromatic rings. The lowest BCUT2D eigenvalue weighted by molar-refractivity contribution is 0.101. The zero-order valence-corrected chi connectivity index (χ0v) is 9.58. The molecule has 0 heterocycles. The first-order chi connectivity index (χ1) is 6.06. The number of carbonyl (C=O) groups excluding carboxylic acids is 1. The maximum Gasteiger partial charge on any atom is 0.164 e. The summed E-state index contributed by atoms with van der Waals surface area (Å²) in [6, 6.07) is 3.40. The number of ether oxygens (including phenoxy) is 1. The van der Waals surface area contributed by atoms with Crippen LogP contribution < -0.4 is 10.5 Å². The minimum absolute atomic E-state index is 0.0127. The maximum atomic E-state index is 11.2. The summed E-state index contributed by atoms with van der Waals surface area (Å²) >= 11 is 2.07. The molecular weight excluding hydrogens is 281 g/mol. The zero-order valence-electron chi connectivity index (χ0n) is 7.43. The summed E-state index contributed by atoms with van der Waals surface area (Å²) in [5, 5.41) is 0. The van der Waals surface area contributed by atoms with Gasteiger partial charge in [-0.1, -0.05) is 0 Å². The fraction of sp³-hybridized carbons (Fsp3) is 0.222. The number of benzene rings is 1. The summed E-state index contributed by atoms with van der Waals surface area (Å²) in [6.07, 6.45) is 0. The molecule has 0 aliphatic heterocycles. The van der Waals surface area contributed by atoms with Gasteiger partial charge in [0.15, 0.2) is 5.78 Å². The first kappa shape index (κ1) is 10.3. The Labute approximate surface area is 90.4 Å². The van der Waals surface area contributed by atoms with E-state index in [1.54, 1.807) is 12.1 Å². The molecule has 0 saturated heterocycles. The highest BCUT2D eigenvalue weighted by molar-refractivity contribution is 14.1. The lowest BCUT2D eigenvalue weighted by Crippen LogP contribution is -2.02. The molecule has 0 aliphatic carbocycles. The van der Waals surface area contributed by atoms with E-state index in [-0.39, 0.29) is 5.78 Å². The van der Waals surface area contributed by atoms with Crippen molar-refractivity contribution in [1.29, 1.82) is 0 Å². The number of rotatable bonds is 2. The SMILES string of the molecule is COc1cc(N)cc(I)c1C(C)=O. The second-order valence-electron chi connectivity index (χ2n) is 2.64. The molecule has 0 bridgehead atoms. The lowest BCUT2D eigenvalue weighted by Gasteiger charge is -2.08. The largest absolute Gasteiger partial charge is 0.496 e. The van der Waals surface area contributed by atoms with Gasteiger partial charge < -0.3 is 10.5 Å². The quantitative estimate of drug-likeness (QED) is 0.515. The number of ketones is 1. The number of hydrogen-bond donors (Lipinski definition) is 1. The average Bonchev–Trinajstić information content (AvgIpc) is 2.01. The number of nitrogens with two attached hydrogens (primary N) is 1. The third-order valence-corrected chi connectivity index (χ3v) is 2.50. The van der Waals surface area contributed by atoms with Crippen molar-refractivity contribution in [1.82, 2.24) is 0 Å². The topological polar surface area (TPSA) is 52.3 Å². The van der Waals surface area contributed by atoms with Gasteiger partial charge in [0.2, 0.25) is 0 Å². The molecular formula is C9H10INO2. The van der Waals surface area contributed by atoms with Crippen LogP contribution in [-0.4, -0.2) is 12.9 Å². The average molecular weight is 291 g/mol. The van der Waals surface area contributed by atoms with Crippen molar-refractivity contribution in [3.63, 3.8) is 0 Å². The van der Waals surface area contributed by atoms with Crippen LogP contribution in [0.5, 0.6) is 5.75 Å². The highest BCUT2D eigenvalue weighted by Crippen LogP contribution is 2.27. The molecule has 13 heavy (non-hydrogen) atoms. The minimum Gasteiger partial charge on any atom is -0.496 e. The molecule has 0 aliphatic rings. The van der Waals surface area contributed by atoms with Gasteiger partial charge in [-0.25, -0.2) is 0 Å². The van der Waals surface area contributed by atoms with E-state index in [1.165, 1.54) is 14.0 Å². The Kier molecular flexibility index (Phi) is 3.13. The van der Waals surface area contributed by atoms with E-state index < -0.39 is 0 Å². The lowest BCUT2D eigenvalue weighted by atomic mass is 10.1. The van der Waals surface area contributed by atoms with Crippen molar-refractivity contribution in [2.24, 2.45) is 0 Å². The standard InChI is InChI=1S/C9H10INO2/c1-5(12)9-7(10)3-6(11)4-8(9)13-2/h3-4H,11H2,1-2H3. The van der Waals surface area contributed by atoms with Crippen LogP contribution in [0.25, 0.3) is 0 Å². The second-order valence-corrected chi connectivity index (χ2v) is 3.80. The van der Waals surface area contributed by atoms with Crippen molar-refractivity contribution in [2.75, 3.05) is 12.8 Å². The van der Waals surface area contributed by atoms with Crippen molar-refractivity contribution in [3.8, 4) is 5.75 Å². The van der Waals surface area contributed by atoms with E-state index in [4.69, 9.17) is 10.5 Å². The van der Waals surface area contributed by atoms with E-state index in [0.717, 1.165) is 3.57 Å². The first-order valence-corrected chi connectivity index (χ1v) is 4.78. The van der Waals surface area contributed by atoms with Gasteiger partial charge in [0.05, 0.1) is 12.7 Å². The first-order valence-electron chi connectivity index (χ1n) is 3.70. The van der Waals surface area contributed by atoms with Crippen LogP contribution in [0.2, 0.25) is 0 Å². The summed E-state index contributed by atoms with van der Waals surface area (Å²) in [6.45, 7) is 1.51. The number of Topliss-reactive ketones (excluding diaryl/α,β-unsaturated/α-hetero) is 1. The van der Waals surface area contributed by atoms with Crippen molar-refractivity contribution in [3.05, 3.63) is 21.3 Å². The molecule has 70 valence electrons. The van der Waals surface area contributed by atoms with E-state index in [9.17, 15) is 4.79 Å². The molecule has 4 heteroatoms. The summed E-state index contributed by atoms with van der Waals surface area (Å²) in [7, 11) is 1.53. The molecule has 2 N–H and O–H groups in total. The van der Waals surface area contributed by atoms with Crippen LogP contribution in [0.15, 0.2) is 12.1 Å². The molecule has 0 saturated carbocycles. The van der Waals surface area contributed by atoms with Crippen molar-refractivity contribution in [2.45, 2.75) is 6.92 Å². The summed E-state index contributed by atoms with van der Waals surface area (Å²) in [4.78, 5) is 11.2. The number of halogens is 1. The van der Waals surface area contributed by atoms with Gasteiger partial charge in [-0.05, 0) is 35.6 Å². The Morgan fingerprint density at radius 3 is 2.62 bits per heavy atom. The fourth-order valence-electron chi connectivity index (χ4n) is 1.10. The monoisotopic (exact) mass is 291 g/mol. The second kappa shape index (κ2) is 3.95. The van der Waals surface area contributed by atoms with Crippen LogP contribution in [-0.2, 0) is 0 Å². The van der Waals surface area contributed by atoms with Gasteiger partial charge in [0.1, 0.15) is 5.75 Å². The van der Waals surface area contributed by atoms with Crippen molar-refractivity contribution >= 4 is 34.1 Å². The Morgan fingerprint density at radius 2 is 2.15 bits per heavy atom. The van der Waals surface area contributed by atoms with Crippen LogP contribution in [0.3, 0.4) is 0 Å². The minimum atomic E-state index is -0.0127. The molecule has 3 nitrogen and oxygen atoms in total. The molecule has 0 atom stereocenters. The predicted octanol–water partition coefficient (Wildman–Crippen LogP) is 2.08. The molecule has 0 spiro atoms. The normalized spacial score (nSPS) is 9.77. The summed E-state index contributed by atoms with van der Waals surface area (Å²) in [5.74, 6) is 0.526. The Hall–Kier alpha value is -0.780. The molecule has 1 aromatic carbocycles. The number of carbonyl (C=O) groups is 1. The third kappa shape index (κ3) is 2.12. The predicted molar refractivity (Wildman–Crippen MR) is 60.1 cm³/mol. The number of methoxy groups -OCH3 is 1. The van der Waals surface area contributed by atoms with Gasteiger partial charge in [-0.3, -0.25) is 4.79 Å². The van der Waals surface area contributed by atoms with Crippen LogP contribution in [0, 0.1) is 3.57 Å². The molecule has 0 radical (unpaired) electrons. The van der Waals surface area contributed by atoms with E-state index in [1.807, 2.05) is 0 Å². The summed E-state index contributed by atoms with van der Waals surface area (Å²) < 4.78 is 5.88. The third-order valence-electron chi connectivity index (χ3n) is 1.65. The molecule has 0 amide bonds. The van der Waals surface area contributed by atoms with Crippen LogP contribution >= 0.6 is 22.6 Å². The highest BCUT2D eigenvalue weighted by Gasteiger charge is 2.12. The van der Waals surface area contributed by atoms with Gasteiger partial charge >= 0.3 is 0 Å². The van der Waals surface area contributed by atoms with E-state index in [0.29, 0.717) is 17.0 Å². The Bertz CT molecular complexity index is 350. The van der Waals surface area contributed by atoms with E-state index in [2.05, 4.69) is 22.6 Å². The molecule has 1 rings (SSSR count). The molecule has 0 aromatic heterocycles. The number of anilines is 1. The van der Waals surface area contributed by atoms with Gasteiger partial charge in [-0.2, -0.15) is 0 Å². The number of hydrogen-bond acceptors (Lipinski definition) is 3. The van der Waals surface area contributed by atoms with Crippen LogP contribution in [0.1, 0.15) is 17.3 Å². The van der Waals surface area contributed by atoms with Crippen molar-refractivity contribution < 1.29 is 9.53 Å². The zero-order chi connectivity index (χ0) is 10.0. The molecule has 0 unspecified atom stereocenters. The summed E-state index contributed by atoms with van der Waals surface area (Å²) in [5.41, 5.74) is 6.81. The van der Waals surface area contributed by atoms with Gasteiger partial charge in [-0.15, -0.1) is 0 Å². The number of nitrogen functional groups attached to an aromatic ring is 1. The molecule has 0 fully saturated rings. The fourth-order valence-corrected chi connectivity index (χ4v) is 2.11. The maximum absolute atomic E-state index is 11.2. The Morgan fingerprint density at radius 1 is 1.54 bits per heavy atom. The van der Waals surface area contributed by atoms with Gasteiger partial charge in [0, 0.05) is 15.3 Å². The van der Waals surface area contributed by atoms with E-state index >= 15 is 0 Å². The smallest absolute Gasteiger partial charge is 0.164 e. The van der Waals surface area contributed by atoms with Crippen LogP contribution in [0.4, 0.5) is 5.69 Å². The van der Waals surface area contributed by atoms with Gasteiger partial charge in [0.25, 0.3) is 0 Å². The highest BCUT2D eigenvalue weighted by atomic mass is 127. The Balaban J connectivity index is 3.38.